The van der Waals surface area contributed by atoms with E-state index in [1.807, 2.05) is 0 Å². The number of carbonyl (C=O) groups is 2. The minimum Gasteiger partial charge on any atom is -0.481 e. The third-order valence-corrected chi connectivity index (χ3v) is 6.35. The number of carboxylic acid groups (broad SMARTS) is 1. The molecule has 1 fully saturated rings. The van der Waals surface area contributed by atoms with Crippen molar-refractivity contribution in [3.05, 3.63) is 29.8 Å². The van der Waals surface area contributed by atoms with Crippen LogP contribution in [0.15, 0.2) is 29.2 Å². The molecular formula is C16H22N2O5S. The number of nitrogens with one attached hydrogen (secondary N) is 1. The van der Waals surface area contributed by atoms with Gasteiger partial charge < -0.3 is 10.4 Å². The molecule has 1 saturated carbocycles. The van der Waals surface area contributed by atoms with Crippen LogP contribution in [0.3, 0.4) is 0 Å². The van der Waals surface area contributed by atoms with Crippen LogP contribution >= 0.6 is 0 Å². The Kier molecular flexibility index (Phi) is 5.29. The maximum Gasteiger partial charge on any atom is 0.306 e. The monoisotopic (exact) mass is 354 g/mol. The van der Waals surface area contributed by atoms with Crippen molar-refractivity contribution in [1.29, 1.82) is 0 Å². The highest BCUT2D eigenvalue weighted by molar-refractivity contribution is 7.89. The summed E-state index contributed by atoms with van der Waals surface area (Å²) in [7, 11) is -2.17. The summed E-state index contributed by atoms with van der Waals surface area (Å²) < 4.78 is 26.2. The van der Waals surface area contributed by atoms with Gasteiger partial charge in [0.25, 0.3) is 5.91 Å². The van der Waals surface area contributed by atoms with E-state index < -0.39 is 27.8 Å². The average Bonchev–Trinajstić information content (AvgIpc) is 2.48. The SMILES string of the molecule is CC(C)N(C)S(=O)(=O)c1cccc(C(=O)NC2CC(C(=O)O)C2)c1. The molecular weight excluding hydrogens is 332 g/mol. The smallest absolute Gasteiger partial charge is 0.306 e. The Labute approximate surface area is 141 Å². The number of carbonyl (C=O) groups excluding carboxylic acids is 1. The fourth-order valence-electron chi connectivity index (χ4n) is 2.45. The van der Waals surface area contributed by atoms with Crippen molar-refractivity contribution in [3.8, 4) is 0 Å². The minimum atomic E-state index is -3.66. The molecule has 1 aromatic carbocycles. The van der Waals surface area contributed by atoms with Crippen LogP contribution in [0.1, 0.15) is 37.0 Å². The first-order chi connectivity index (χ1) is 11.1. The molecule has 7 nitrogen and oxygen atoms in total. The van der Waals surface area contributed by atoms with Crippen LogP contribution in [-0.2, 0) is 14.8 Å². The van der Waals surface area contributed by atoms with E-state index in [1.54, 1.807) is 13.8 Å². The van der Waals surface area contributed by atoms with Gasteiger partial charge in [-0.15, -0.1) is 0 Å². The van der Waals surface area contributed by atoms with Gasteiger partial charge in [-0.05, 0) is 44.9 Å². The van der Waals surface area contributed by atoms with Crippen LogP contribution in [-0.4, -0.2) is 48.8 Å². The number of sulfonamides is 1. The maximum atomic E-state index is 12.5. The van der Waals surface area contributed by atoms with Crippen LogP contribution in [0.4, 0.5) is 0 Å². The number of benzene rings is 1. The van der Waals surface area contributed by atoms with Crippen molar-refractivity contribution >= 4 is 21.9 Å². The molecule has 0 heterocycles. The van der Waals surface area contributed by atoms with Crippen molar-refractivity contribution in [2.45, 2.75) is 43.7 Å². The molecule has 8 heteroatoms. The summed E-state index contributed by atoms with van der Waals surface area (Å²) in [5.74, 6) is -1.67. The Morgan fingerprint density at radius 1 is 1.29 bits per heavy atom. The number of hydrogen-bond donors (Lipinski definition) is 2. The number of aliphatic carboxylic acids is 1. The van der Waals surface area contributed by atoms with E-state index in [1.165, 1.54) is 35.6 Å². The van der Waals surface area contributed by atoms with Gasteiger partial charge in [-0.3, -0.25) is 9.59 Å². The van der Waals surface area contributed by atoms with Gasteiger partial charge in [0.15, 0.2) is 0 Å². The Balaban J connectivity index is 2.10. The average molecular weight is 354 g/mol. The van der Waals surface area contributed by atoms with Crippen LogP contribution in [0.2, 0.25) is 0 Å². The summed E-state index contributed by atoms with van der Waals surface area (Å²) in [6, 6.07) is 5.48. The highest BCUT2D eigenvalue weighted by atomic mass is 32.2. The van der Waals surface area contributed by atoms with Gasteiger partial charge in [0.1, 0.15) is 0 Å². The Morgan fingerprint density at radius 2 is 1.92 bits per heavy atom. The molecule has 0 saturated heterocycles. The fourth-order valence-corrected chi connectivity index (χ4v) is 3.86. The van der Waals surface area contributed by atoms with Gasteiger partial charge in [-0.25, -0.2) is 8.42 Å². The van der Waals surface area contributed by atoms with Crippen LogP contribution < -0.4 is 5.32 Å². The number of amides is 1. The maximum absolute atomic E-state index is 12.5. The van der Waals surface area contributed by atoms with E-state index in [9.17, 15) is 18.0 Å². The second-order valence-electron chi connectivity index (χ2n) is 6.32. The fraction of sp³-hybridized carbons (Fsp3) is 0.500. The van der Waals surface area contributed by atoms with Crippen molar-refractivity contribution in [1.82, 2.24) is 9.62 Å². The van der Waals surface area contributed by atoms with E-state index in [4.69, 9.17) is 5.11 Å². The summed E-state index contributed by atoms with van der Waals surface area (Å²) in [6.07, 6.45) is 0.796. The molecule has 132 valence electrons. The third-order valence-electron chi connectivity index (χ3n) is 4.32. The predicted octanol–water partition coefficient (Wildman–Crippen LogP) is 1.31. The lowest BCUT2D eigenvalue weighted by Crippen LogP contribution is -2.46. The summed E-state index contributed by atoms with van der Waals surface area (Å²) in [5, 5.41) is 11.6. The van der Waals surface area contributed by atoms with E-state index in [2.05, 4.69) is 5.32 Å². The van der Waals surface area contributed by atoms with Gasteiger partial charge in [0, 0.05) is 24.7 Å². The number of hydrogen-bond acceptors (Lipinski definition) is 4. The van der Waals surface area contributed by atoms with Crippen molar-refractivity contribution in [3.63, 3.8) is 0 Å². The van der Waals surface area contributed by atoms with Crippen molar-refractivity contribution in [2.75, 3.05) is 7.05 Å². The molecule has 0 aliphatic heterocycles. The second kappa shape index (κ2) is 6.90. The van der Waals surface area contributed by atoms with Gasteiger partial charge in [-0.1, -0.05) is 6.07 Å². The zero-order valence-electron chi connectivity index (χ0n) is 13.9. The molecule has 1 aliphatic rings. The Morgan fingerprint density at radius 3 is 2.46 bits per heavy atom. The molecule has 0 radical (unpaired) electrons. The lowest BCUT2D eigenvalue weighted by Gasteiger charge is -2.32. The van der Waals surface area contributed by atoms with E-state index in [0.29, 0.717) is 12.8 Å². The second-order valence-corrected chi connectivity index (χ2v) is 8.32. The van der Waals surface area contributed by atoms with Gasteiger partial charge in [-0.2, -0.15) is 4.31 Å². The quantitative estimate of drug-likeness (QED) is 0.801. The molecule has 1 aliphatic carbocycles. The standard InChI is InChI=1S/C16H22N2O5S/c1-10(2)18(3)24(22,23)14-6-4-5-11(9-14)15(19)17-13-7-12(8-13)16(20)21/h4-6,9-10,12-13H,7-8H2,1-3H3,(H,17,19)(H,20,21). The molecule has 0 spiro atoms. The first-order valence-electron chi connectivity index (χ1n) is 7.74. The summed E-state index contributed by atoms with van der Waals surface area (Å²) >= 11 is 0. The lowest BCUT2D eigenvalue weighted by molar-refractivity contribution is -0.145. The molecule has 24 heavy (non-hydrogen) atoms. The van der Waals surface area contributed by atoms with E-state index in [0.717, 1.165) is 0 Å². The zero-order valence-corrected chi connectivity index (χ0v) is 14.7. The van der Waals surface area contributed by atoms with E-state index >= 15 is 0 Å². The first-order valence-corrected chi connectivity index (χ1v) is 9.18. The zero-order chi connectivity index (χ0) is 18.1. The van der Waals surface area contributed by atoms with E-state index in [-0.39, 0.29) is 22.5 Å². The summed E-state index contributed by atoms with van der Waals surface area (Å²) in [5.41, 5.74) is 0.243. The largest absolute Gasteiger partial charge is 0.481 e. The number of nitrogens with zero attached hydrogens (tertiary/aromatic N) is 1. The van der Waals surface area contributed by atoms with Crippen LogP contribution in [0.25, 0.3) is 0 Å². The van der Waals surface area contributed by atoms with Gasteiger partial charge in [0.05, 0.1) is 10.8 Å². The van der Waals surface area contributed by atoms with Crippen molar-refractivity contribution < 1.29 is 23.1 Å². The molecule has 0 aromatic heterocycles. The Hall–Kier alpha value is -1.93. The topological polar surface area (TPSA) is 104 Å². The molecule has 2 N–H and O–H groups in total. The van der Waals surface area contributed by atoms with Gasteiger partial charge in [0.2, 0.25) is 10.0 Å². The van der Waals surface area contributed by atoms with Crippen LogP contribution in [0.5, 0.6) is 0 Å². The highest BCUT2D eigenvalue weighted by Crippen LogP contribution is 2.27. The Bertz CT molecular complexity index is 739. The molecule has 1 aromatic rings. The first kappa shape index (κ1) is 18.4. The lowest BCUT2D eigenvalue weighted by atomic mass is 9.80. The molecule has 2 rings (SSSR count). The number of carboxylic acids is 1. The van der Waals surface area contributed by atoms with Crippen molar-refractivity contribution in [2.24, 2.45) is 5.92 Å². The number of rotatable bonds is 6. The normalized spacial score (nSPS) is 20.7. The highest BCUT2D eigenvalue weighted by Gasteiger charge is 2.35. The summed E-state index contributed by atoms with van der Waals surface area (Å²) in [6.45, 7) is 3.53. The minimum absolute atomic E-state index is 0.0587. The molecule has 0 unspecified atom stereocenters. The molecule has 1 amide bonds. The van der Waals surface area contributed by atoms with Gasteiger partial charge >= 0.3 is 5.97 Å². The molecule has 0 bridgehead atoms. The summed E-state index contributed by atoms with van der Waals surface area (Å²) in [4.78, 5) is 23.1. The third kappa shape index (κ3) is 3.76. The molecule has 0 atom stereocenters. The van der Waals surface area contributed by atoms with Crippen LogP contribution in [0, 0.1) is 5.92 Å². The predicted molar refractivity (Wildman–Crippen MR) is 88.1 cm³/mol.